The van der Waals surface area contributed by atoms with E-state index in [4.69, 9.17) is 0 Å². The zero-order chi connectivity index (χ0) is 22.1. The van der Waals surface area contributed by atoms with E-state index in [0.717, 1.165) is 30.5 Å². The molecule has 1 saturated heterocycles. The van der Waals surface area contributed by atoms with Gasteiger partial charge in [-0.05, 0) is 30.9 Å². The lowest BCUT2D eigenvalue weighted by atomic mass is 10.1. The second-order valence-corrected chi connectivity index (χ2v) is 8.81. The molecule has 1 N–H and O–H groups in total. The quantitative estimate of drug-likeness (QED) is 0.509. The molecule has 1 aliphatic rings. The first kappa shape index (κ1) is 20.4. The number of rotatable bonds is 5. The van der Waals surface area contributed by atoms with Crippen LogP contribution in [0.3, 0.4) is 0 Å². The van der Waals surface area contributed by atoms with Crippen molar-refractivity contribution in [2.75, 3.05) is 11.4 Å². The average molecular weight is 446 g/mol. The zero-order valence-electron chi connectivity index (χ0n) is 17.7. The van der Waals surface area contributed by atoms with Crippen molar-refractivity contribution < 1.29 is 4.79 Å². The van der Waals surface area contributed by atoms with Gasteiger partial charge >= 0.3 is 0 Å². The van der Waals surface area contributed by atoms with Crippen molar-refractivity contribution in [3.63, 3.8) is 0 Å². The summed E-state index contributed by atoms with van der Waals surface area (Å²) < 4.78 is 1.37. The Labute approximate surface area is 189 Å². The summed E-state index contributed by atoms with van der Waals surface area (Å²) in [5.41, 5.74) is 2.93. The summed E-state index contributed by atoms with van der Waals surface area (Å²) in [6.45, 7) is 3.06. The predicted octanol–water partition coefficient (Wildman–Crippen LogP) is 3.41. The van der Waals surface area contributed by atoms with Crippen molar-refractivity contribution in [1.82, 2.24) is 19.9 Å². The lowest BCUT2D eigenvalue weighted by Crippen LogP contribution is -2.43. The zero-order valence-corrected chi connectivity index (χ0v) is 18.5. The van der Waals surface area contributed by atoms with Crippen LogP contribution in [0.2, 0.25) is 0 Å². The van der Waals surface area contributed by atoms with Crippen LogP contribution in [0, 0.1) is 6.92 Å². The van der Waals surface area contributed by atoms with Crippen molar-refractivity contribution in [2.45, 2.75) is 32.4 Å². The van der Waals surface area contributed by atoms with Crippen molar-refractivity contribution >= 4 is 27.3 Å². The fourth-order valence-corrected chi connectivity index (χ4v) is 5.17. The molecule has 0 spiro atoms. The van der Waals surface area contributed by atoms with Gasteiger partial charge in [-0.1, -0.05) is 72.0 Å². The van der Waals surface area contributed by atoms with Gasteiger partial charge in [0.25, 0.3) is 5.56 Å². The minimum atomic E-state index is -0.301. The number of nitrogens with one attached hydrogen (secondary N) is 1. The van der Waals surface area contributed by atoms with Gasteiger partial charge in [-0.3, -0.25) is 9.59 Å². The van der Waals surface area contributed by atoms with Crippen molar-refractivity contribution in [3.05, 3.63) is 82.3 Å². The van der Waals surface area contributed by atoms with Crippen LogP contribution in [0.1, 0.15) is 24.1 Å². The van der Waals surface area contributed by atoms with Crippen LogP contribution < -0.4 is 15.8 Å². The Balaban J connectivity index is 1.43. The molecule has 162 valence electrons. The number of carbonyl (C=O) groups is 1. The minimum Gasteiger partial charge on any atom is -0.350 e. The fraction of sp³-hybridized carbons (Fsp3) is 0.250. The SMILES string of the molecule is Cc1nc2sc(N3CCC[C@@H]3C(=O)NCc3ccccc3)nn2c(=O)c1-c1ccccc1. The first-order valence-corrected chi connectivity index (χ1v) is 11.5. The minimum absolute atomic E-state index is 0.0212. The van der Waals surface area contributed by atoms with Gasteiger partial charge in [0, 0.05) is 13.1 Å². The molecule has 0 unspecified atom stereocenters. The highest BCUT2D eigenvalue weighted by atomic mass is 32.1. The van der Waals surface area contributed by atoms with Crippen LogP contribution in [0.4, 0.5) is 5.13 Å². The van der Waals surface area contributed by atoms with Gasteiger partial charge in [-0.25, -0.2) is 4.98 Å². The number of aromatic nitrogens is 3. The Bertz CT molecular complexity index is 1320. The Morgan fingerprint density at radius 2 is 1.84 bits per heavy atom. The molecule has 5 rings (SSSR count). The summed E-state index contributed by atoms with van der Waals surface area (Å²) in [5, 5.41) is 8.27. The van der Waals surface area contributed by atoms with Crippen LogP contribution in [-0.2, 0) is 11.3 Å². The van der Waals surface area contributed by atoms with Gasteiger partial charge in [0.15, 0.2) is 0 Å². The third-order valence-electron chi connectivity index (χ3n) is 5.75. The smallest absolute Gasteiger partial charge is 0.283 e. The summed E-state index contributed by atoms with van der Waals surface area (Å²) in [4.78, 5) is 33.3. The molecule has 0 saturated carbocycles. The van der Waals surface area contributed by atoms with Gasteiger partial charge in [0.2, 0.25) is 16.0 Å². The molecule has 1 aliphatic heterocycles. The highest BCUT2D eigenvalue weighted by Gasteiger charge is 2.33. The molecule has 0 aliphatic carbocycles. The largest absolute Gasteiger partial charge is 0.350 e. The number of amides is 1. The molecule has 7 nitrogen and oxygen atoms in total. The summed E-state index contributed by atoms with van der Waals surface area (Å²) in [5.74, 6) is -0.0212. The van der Waals surface area contributed by atoms with Crippen molar-refractivity contribution in [2.24, 2.45) is 0 Å². The van der Waals surface area contributed by atoms with E-state index in [1.807, 2.05) is 72.5 Å². The summed E-state index contributed by atoms with van der Waals surface area (Å²) in [6.07, 6.45) is 1.66. The normalized spacial score (nSPS) is 15.9. The van der Waals surface area contributed by atoms with E-state index in [-0.39, 0.29) is 17.5 Å². The number of anilines is 1. The molecule has 0 bridgehead atoms. The number of hydrogen-bond donors (Lipinski definition) is 1. The Morgan fingerprint density at radius 3 is 2.59 bits per heavy atom. The summed E-state index contributed by atoms with van der Waals surface area (Å²) >= 11 is 1.35. The van der Waals surface area contributed by atoms with Crippen LogP contribution >= 0.6 is 11.3 Å². The molecule has 1 atom stereocenters. The van der Waals surface area contributed by atoms with E-state index in [2.05, 4.69) is 15.4 Å². The predicted molar refractivity (Wildman–Crippen MR) is 126 cm³/mol. The molecule has 32 heavy (non-hydrogen) atoms. The number of aryl methyl sites for hydroxylation is 1. The van der Waals surface area contributed by atoms with Gasteiger partial charge in [0.05, 0.1) is 11.3 Å². The van der Waals surface area contributed by atoms with Crippen LogP contribution in [0.25, 0.3) is 16.1 Å². The van der Waals surface area contributed by atoms with Crippen molar-refractivity contribution in [3.8, 4) is 11.1 Å². The maximum Gasteiger partial charge on any atom is 0.283 e. The van der Waals surface area contributed by atoms with Crippen LogP contribution in [-0.4, -0.2) is 33.1 Å². The Hall–Kier alpha value is -3.52. The highest BCUT2D eigenvalue weighted by molar-refractivity contribution is 7.20. The Morgan fingerprint density at radius 1 is 1.12 bits per heavy atom. The molecule has 0 radical (unpaired) electrons. The number of benzene rings is 2. The molecule has 2 aromatic heterocycles. The number of hydrogen-bond acceptors (Lipinski definition) is 6. The second kappa shape index (κ2) is 8.55. The van der Waals surface area contributed by atoms with Crippen LogP contribution in [0.5, 0.6) is 0 Å². The van der Waals surface area contributed by atoms with E-state index in [9.17, 15) is 9.59 Å². The number of fused-ring (bicyclic) bond motifs is 1. The number of carbonyl (C=O) groups excluding carboxylic acids is 1. The van der Waals surface area contributed by atoms with Gasteiger partial charge in [0.1, 0.15) is 6.04 Å². The maximum absolute atomic E-state index is 13.2. The van der Waals surface area contributed by atoms with E-state index >= 15 is 0 Å². The summed E-state index contributed by atoms with van der Waals surface area (Å²) in [7, 11) is 0. The number of nitrogens with zero attached hydrogens (tertiary/aromatic N) is 4. The lowest BCUT2D eigenvalue weighted by Gasteiger charge is -2.22. The summed E-state index contributed by atoms with van der Waals surface area (Å²) in [6, 6.07) is 19.1. The van der Waals surface area contributed by atoms with Gasteiger partial charge in [-0.2, -0.15) is 4.52 Å². The lowest BCUT2D eigenvalue weighted by molar-refractivity contribution is -0.122. The first-order valence-electron chi connectivity index (χ1n) is 10.7. The standard InChI is InChI=1S/C24H23N5O2S/c1-16-20(18-11-6-3-7-12-18)22(31)29-23(26-16)32-24(27-29)28-14-8-13-19(28)21(30)25-15-17-9-4-2-5-10-17/h2-7,9-12,19H,8,13-15H2,1H3,(H,25,30)/t19-/m1/s1. The van der Waals surface area contributed by atoms with Gasteiger partial charge in [-0.15, -0.1) is 5.10 Å². The topological polar surface area (TPSA) is 79.6 Å². The van der Waals surface area contributed by atoms with Gasteiger partial charge < -0.3 is 10.2 Å². The monoisotopic (exact) mass is 445 g/mol. The maximum atomic E-state index is 13.2. The molecule has 1 fully saturated rings. The highest BCUT2D eigenvalue weighted by Crippen LogP contribution is 2.30. The van der Waals surface area contributed by atoms with E-state index in [1.165, 1.54) is 15.9 Å². The second-order valence-electron chi connectivity index (χ2n) is 7.88. The molecular weight excluding hydrogens is 422 g/mol. The van der Waals surface area contributed by atoms with E-state index < -0.39 is 0 Å². The molecule has 2 aromatic carbocycles. The van der Waals surface area contributed by atoms with Crippen LogP contribution in [0.15, 0.2) is 65.5 Å². The fourth-order valence-electron chi connectivity index (χ4n) is 4.16. The molecule has 1 amide bonds. The van der Waals surface area contributed by atoms with E-state index in [0.29, 0.717) is 27.9 Å². The third-order valence-corrected chi connectivity index (χ3v) is 6.70. The average Bonchev–Trinajstić information content (AvgIpc) is 3.46. The Kier molecular flexibility index (Phi) is 5.45. The first-order chi connectivity index (χ1) is 15.6. The van der Waals surface area contributed by atoms with E-state index in [1.54, 1.807) is 0 Å². The molecule has 4 aromatic rings. The van der Waals surface area contributed by atoms with Crippen molar-refractivity contribution in [1.29, 1.82) is 0 Å². The molecular formula is C24H23N5O2S. The third kappa shape index (κ3) is 3.78. The molecule has 3 heterocycles. The molecule has 8 heteroatoms.